The minimum Gasteiger partial charge on any atom is -0.254 e. The molecule has 0 aliphatic carbocycles. The predicted octanol–water partition coefficient (Wildman–Crippen LogP) is 9.92. The van der Waals surface area contributed by atoms with Crippen molar-refractivity contribution in [3.05, 3.63) is 72.6 Å². The van der Waals surface area contributed by atoms with E-state index in [0.29, 0.717) is 28.4 Å². The highest BCUT2D eigenvalue weighted by Crippen LogP contribution is 2.65. The van der Waals surface area contributed by atoms with Crippen LogP contribution in [0.2, 0.25) is 0 Å². The van der Waals surface area contributed by atoms with Gasteiger partial charge in [-0.2, -0.15) is 74.6 Å². The molecule has 0 N–H and O–H groups in total. The van der Waals surface area contributed by atoms with E-state index in [-0.39, 0.29) is 28.8 Å². The molecule has 0 saturated carbocycles. The lowest BCUT2D eigenvalue weighted by Gasteiger charge is -2.42. The van der Waals surface area contributed by atoms with Crippen LogP contribution in [0.15, 0.2) is 67.0 Å². The molecule has 0 aliphatic heterocycles. The second-order valence-corrected chi connectivity index (χ2v) is 9.49. The summed E-state index contributed by atoms with van der Waals surface area (Å²) in [4.78, 5) is 8.28. The molecule has 2 nitrogen and oxygen atoms in total. The fourth-order valence-corrected chi connectivity index (χ4v) is 4.22. The Hall–Kier alpha value is -3.93. The van der Waals surface area contributed by atoms with Gasteiger partial charge in [-0.1, -0.05) is 36.4 Å². The van der Waals surface area contributed by atoms with Gasteiger partial charge < -0.3 is 0 Å². The zero-order valence-electron chi connectivity index (χ0n) is 21.2. The lowest BCUT2D eigenvalue weighted by molar-refractivity contribution is -0.462. The molecule has 2 aromatic heterocycles. The molecule has 0 spiro atoms. The van der Waals surface area contributed by atoms with E-state index in [1.165, 1.54) is 42.7 Å². The number of alkyl halides is 17. The van der Waals surface area contributed by atoms with Crippen LogP contribution in [0.1, 0.15) is 5.56 Å². The van der Waals surface area contributed by atoms with Crippen molar-refractivity contribution < 1.29 is 74.6 Å². The predicted molar refractivity (Wildman–Crippen MR) is 122 cm³/mol. The molecule has 0 fully saturated rings. The topological polar surface area (TPSA) is 25.8 Å². The van der Waals surface area contributed by atoms with Gasteiger partial charge in [0.1, 0.15) is 0 Å². The summed E-state index contributed by atoms with van der Waals surface area (Å²) in [5, 5.41) is 0.703. The zero-order valence-corrected chi connectivity index (χ0v) is 21.2. The van der Waals surface area contributed by atoms with Crippen molar-refractivity contribution >= 4 is 21.8 Å². The van der Waals surface area contributed by atoms with Gasteiger partial charge in [0.05, 0.1) is 11.0 Å². The van der Waals surface area contributed by atoms with Gasteiger partial charge in [-0.25, -0.2) is 0 Å². The molecule has 45 heavy (non-hydrogen) atoms. The van der Waals surface area contributed by atoms with Gasteiger partial charge in [0.25, 0.3) is 0 Å². The smallest absolute Gasteiger partial charge is 0.254 e. The van der Waals surface area contributed by atoms with Crippen LogP contribution in [0, 0.1) is 0 Å². The number of nitrogens with zero attached hydrogens (tertiary/aromatic N) is 2. The van der Waals surface area contributed by atoms with Gasteiger partial charge in [-0.05, 0) is 29.3 Å². The van der Waals surface area contributed by atoms with E-state index in [0.717, 1.165) is 0 Å². The largest absolute Gasteiger partial charge is 0.460 e. The van der Waals surface area contributed by atoms with Crippen molar-refractivity contribution in [2.45, 2.75) is 47.6 Å². The highest BCUT2D eigenvalue weighted by Gasteiger charge is 2.95. The third-order valence-corrected chi connectivity index (χ3v) is 6.74. The number of halogens is 17. The fourth-order valence-electron chi connectivity index (χ4n) is 4.22. The maximum Gasteiger partial charge on any atom is 0.460 e. The van der Waals surface area contributed by atoms with Gasteiger partial charge in [0.15, 0.2) is 0 Å². The van der Waals surface area contributed by atoms with E-state index >= 15 is 0 Å². The van der Waals surface area contributed by atoms with E-state index in [9.17, 15) is 74.6 Å². The van der Waals surface area contributed by atoms with Crippen LogP contribution < -0.4 is 0 Å². The van der Waals surface area contributed by atoms with Crippen molar-refractivity contribution in [2.24, 2.45) is 0 Å². The van der Waals surface area contributed by atoms with Gasteiger partial charge in [-0.3, -0.25) is 9.97 Å². The maximum absolute atomic E-state index is 14.7. The van der Waals surface area contributed by atoms with Crippen LogP contribution in [0.5, 0.6) is 0 Å². The van der Waals surface area contributed by atoms with Crippen molar-refractivity contribution in [1.82, 2.24) is 9.97 Å². The average Bonchev–Trinajstić information content (AvgIpc) is 2.95. The lowest BCUT2D eigenvalue weighted by Crippen LogP contribution is -2.74. The monoisotopic (exact) mass is 674 g/mol. The summed E-state index contributed by atoms with van der Waals surface area (Å²) in [6.45, 7) is 0. The molecule has 2 heterocycles. The van der Waals surface area contributed by atoms with E-state index < -0.39 is 53.2 Å². The molecule has 244 valence electrons. The molecule has 0 radical (unpaired) electrons. The first-order valence-electron chi connectivity index (χ1n) is 11.7. The van der Waals surface area contributed by atoms with Crippen molar-refractivity contribution in [3.63, 3.8) is 0 Å². The summed E-state index contributed by atoms with van der Waals surface area (Å²) in [6, 6.07) is 8.40. The van der Waals surface area contributed by atoms with Gasteiger partial charge in [0, 0.05) is 28.7 Å². The number of hydrogen-bond donors (Lipinski definition) is 0. The standard InChI is InChI=1S/C26H11F17N2/c27-19(28,20(29,30)21(31,32)22(33,34)23(35,36)24(37,38)25(39,40)26(41,42)43)14-7-5-12(6-8-14)16-11-13-3-1-9-44-17(13)18-15(16)4-2-10-45-18/h1-11H. The highest BCUT2D eigenvalue weighted by molar-refractivity contribution is 6.10. The number of hydrogen-bond acceptors (Lipinski definition) is 2. The third-order valence-electron chi connectivity index (χ3n) is 6.74. The van der Waals surface area contributed by atoms with E-state index in [2.05, 4.69) is 9.97 Å². The van der Waals surface area contributed by atoms with E-state index in [4.69, 9.17) is 0 Å². The third kappa shape index (κ3) is 4.54. The molecular weight excluding hydrogens is 663 g/mol. The molecule has 0 saturated heterocycles. The van der Waals surface area contributed by atoms with Crippen molar-refractivity contribution in [3.8, 4) is 11.1 Å². The Bertz CT molecular complexity index is 1730. The number of aromatic nitrogens is 2. The summed E-state index contributed by atoms with van der Waals surface area (Å²) in [5.74, 6) is -56.9. The molecule has 4 rings (SSSR count). The van der Waals surface area contributed by atoms with Crippen LogP contribution in [0.3, 0.4) is 0 Å². The Balaban J connectivity index is 1.78. The minimum absolute atomic E-state index is 0.0440. The second kappa shape index (κ2) is 10.0. The van der Waals surface area contributed by atoms with E-state index in [1.54, 1.807) is 0 Å². The summed E-state index contributed by atoms with van der Waals surface area (Å²) in [5.41, 5.74) is -1.63. The molecule has 0 bridgehead atoms. The van der Waals surface area contributed by atoms with Crippen molar-refractivity contribution in [1.29, 1.82) is 0 Å². The molecule has 0 aliphatic rings. The van der Waals surface area contributed by atoms with Crippen LogP contribution in [0.25, 0.3) is 32.9 Å². The van der Waals surface area contributed by atoms with Crippen molar-refractivity contribution in [2.75, 3.05) is 0 Å². The summed E-state index contributed by atoms with van der Waals surface area (Å²) in [7, 11) is 0. The Kier molecular flexibility index (Phi) is 7.57. The zero-order chi connectivity index (χ0) is 34.2. The first-order chi connectivity index (χ1) is 20.3. The van der Waals surface area contributed by atoms with Gasteiger partial charge >= 0.3 is 47.6 Å². The second-order valence-electron chi connectivity index (χ2n) is 9.49. The van der Waals surface area contributed by atoms with Crippen LogP contribution in [0.4, 0.5) is 74.6 Å². The quantitative estimate of drug-likeness (QED) is 0.137. The molecular formula is C26H11F17N2. The number of rotatable bonds is 8. The normalized spacial score (nSPS) is 14.8. The first-order valence-corrected chi connectivity index (χ1v) is 11.7. The SMILES string of the molecule is FC(F)(F)C(F)(F)C(F)(F)C(F)(F)C(F)(F)C(F)(F)C(F)(F)C(F)(F)c1ccc(-c2cc3cccnc3c3ncccc23)cc1. The molecule has 0 unspecified atom stereocenters. The Morgan fingerprint density at radius 1 is 0.444 bits per heavy atom. The Labute approximate surface area is 238 Å². The molecule has 4 aromatic rings. The summed E-state index contributed by atoms with van der Waals surface area (Å²) in [6.07, 6.45) is -5.04. The van der Waals surface area contributed by atoms with Gasteiger partial charge in [-0.15, -0.1) is 0 Å². The first kappa shape index (κ1) is 34.0. The Morgan fingerprint density at radius 2 is 0.889 bits per heavy atom. The molecule has 2 aromatic carbocycles. The highest BCUT2D eigenvalue weighted by atomic mass is 19.4. The molecule has 0 atom stereocenters. The number of pyridine rings is 2. The van der Waals surface area contributed by atoms with Crippen LogP contribution >= 0.6 is 0 Å². The van der Waals surface area contributed by atoms with Crippen LogP contribution in [-0.2, 0) is 5.92 Å². The Morgan fingerprint density at radius 3 is 1.40 bits per heavy atom. The summed E-state index contributed by atoms with van der Waals surface area (Å²) >= 11 is 0. The number of fused-ring (bicyclic) bond motifs is 3. The summed E-state index contributed by atoms with van der Waals surface area (Å²) < 4.78 is 232. The van der Waals surface area contributed by atoms with E-state index in [1.807, 2.05) is 0 Å². The molecule has 0 amide bonds. The number of benzene rings is 2. The molecule has 19 heteroatoms. The minimum atomic E-state index is -8.67. The lowest BCUT2D eigenvalue weighted by atomic mass is 9.87. The van der Waals surface area contributed by atoms with Gasteiger partial charge in [0.2, 0.25) is 0 Å². The fraction of sp³-hybridized carbons (Fsp3) is 0.308. The average molecular weight is 674 g/mol. The van der Waals surface area contributed by atoms with Crippen LogP contribution in [-0.4, -0.2) is 51.7 Å². The maximum atomic E-state index is 14.7.